The Labute approximate surface area is 509 Å². The Balaban J connectivity index is 0.000000207. The van der Waals surface area contributed by atoms with Crippen molar-refractivity contribution in [1.82, 2.24) is 0 Å². The van der Waals surface area contributed by atoms with Crippen molar-refractivity contribution >= 4 is 51.9 Å². The highest BCUT2D eigenvalue weighted by molar-refractivity contribution is 7.87. The zero-order valence-electron chi connectivity index (χ0n) is 52.8. The minimum atomic E-state index is -3.53. The van der Waals surface area contributed by atoms with Crippen LogP contribution in [0.4, 0.5) is 0 Å². The summed E-state index contributed by atoms with van der Waals surface area (Å²) in [6.07, 6.45) is 15.6. The molecule has 1 N–H and O–H groups in total. The Morgan fingerprint density at radius 1 is 0.576 bits per heavy atom. The fraction of sp³-hybridized carbons (Fsp3) is 0.894. The van der Waals surface area contributed by atoms with Crippen molar-refractivity contribution < 1.29 is 84.4 Å². The molecule has 0 aromatic rings. The topological polar surface area (TPSA) is 248 Å². The second-order valence-electron chi connectivity index (χ2n) is 30.3. The largest absolute Gasteiger partial charge is 0.459 e. The van der Waals surface area contributed by atoms with Crippen LogP contribution in [0.15, 0.2) is 0 Å². The lowest BCUT2D eigenvalue weighted by molar-refractivity contribution is -0.225. The van der Waals surface area contributed by atoms with Crippen LogP contribution in [0.1, 0.15) is 247 Å². The van der Waals surface area contributed by atoms with Gasteiger partial charge >= 0.3 is 41.8 Å². The van der Waals surface area contributed by atoms with E-state index in [0.29, 0.717) is 49.9 Å². The van der Waals surface area contributed by atoms with Gasteiger partial charge in [0.15, 0.2) is 13.2 Å². The second-order valence-corrected chi connectivity index (χ2v) is 32.1. The van der Waals surface area contributed by atoms with Gasteiger partial charge in [0.25, 0.3) is 10.1 Å². The van der Waals surface area contributed by atoms with Crippen molar-refractivity contribution in [3.8, 4) is 0 Å². The average Bonchev–Trinajstić information content (AvgIpc) is 1.79. The molecule has 85 heavy (non-hydrogen) atoms. The Kier molecular flexibility index (Phi) is 22.6. The van der Waals surface area contributed by atoms with E-state index >= 15 is 0 Å². The monoisotopic (exact) mass is 1220 g/mol. The Morgan fingerprint density at radius 3 is 1.53 bits per heavy atom. The molecule has 0 aromatic heterocycles. The third-order valence-electron chi connectivity index (χ3n) is 21.5. The molecule has 9 aliphatic carbocycles. The van der Waals surface area contributed by atoms with Crippen LogP contribution in [0.3, 0.4) is 0 Å². The SMILES string of the molecule is C.C.CCC(C)(C)C(=O)OC1(C(C)(C)C)CCCC1.CCC(C)(C)C(=O)OC12CC3CC(CC(O)(C3)C1)C2.CCC(C)(C)C(=O)OCC(=O)OC1C2CC3C1OS(=O)(=O)C3C2.CCC(C)(C)C(=O)OCC(=O)OC1C2CC3CC(C2)C(=O)OC1C3. The molecule has 0 radical (unpaired) electrons. The van der Waals surface area contributed by atoms with Crippen molar-refractivity contribution in [1.29, 1.82) is 0 Å². The average molecular weight is 1220 g/mol. The molecule has 12 aliphatic rings. The summed E-state index contributed by atoms with van der Waals surface area (Å²) in [6, 6.07) is 0. The van der Waals surface area contributed by atoms with E-state index < -0.39 is 86.0 Å². The van der Waals surface area contributed by atoms with E-state index in [4.69, 9.17) is 37.3 Å². The van der Waals surface area contributed by atoms with Crippen molar-refractivity contribution in [2.45, 2.75) is 294 Å². The third kappa shape index (κ3) is 16.0. The predicted molar refractivity (Wildman–Crippen MR) is 319 cm³/mol. The molecular weight excluding hydrogens is 1110 g/mol. The summed E-state index contributed by atoms with van der Waals surface area (Å²) in [7, 11) is -3.53. The molecule has 9 saturated carbocycles. The van der Waals surface area contributed by atoms with Gasteiger partial charge in [-0.15, -0.1) is 0 Å². The molecule has 12 atom stereocenters. The molecule has 0 amide bonds. The van der Waals surface area contributed by atoms with Gasteiger partial charge in [-0.3, -0.25) is 28.2 Å². The van der Waals surface area contributed by atoms with E-state index in [0.717, 1.165) is 77.0 Å². The van der Waals surface area contributed by atoms with Crippen LogP contribution in [-0.2, 0) is 81.0 Å². The van der Waals surface area contributed by atoms with Crippen LogP contribution in [0.5, 0.6) is 0 Å². The molecule has 10 bridgehead atoms. The first-order chi connectivity index (χ1) is 38.4. The number of rotatable bonds is 16. The normalized spacial score (nSPS) is 33.7. The summed E-state index contributed by atoms with van der Waals surface area (Å²) in [6.45, 7) is 28.4. The Hall–Kier alpha value is -3.84. The fourth-order valence-corrected chi connectivity index (χ4v) is 16.8. The first-order valence-corrected chi connectivity index (χ1v) is 32.9. The number of hydrogen-bond acceptors (Lipinski definition) is 18. The molecule has 18 nitrogen and oxygen atoms in total. The summed E-state index contributed by atoms with van der Waals surface area (Å²) in [4.78, 5) is 84.5. The van der Waals surface area contributed by atoms with Gasteiger partial charge in [-0.1, -0.05) is 63.3 Å². The third-order valence-corrected chi connectivity index (χ3v) is 23.3. The lowest BCUT2D eigenvalue weighted by Crippen LogP contribution is -2.61. The van der Waals surface area contributed by atoms with Gasteiger partial charge in [-0.2, -0.15) is 8.42 Å². The highest BCUT2D eigenvalue weighted by Gasteiger charge is 2.66. The maximum atomic E-state index is 12.4. The molecule has 0 aromatic carbocycles. The summed E-state index contributed by atoms with van der Waals surface area (Å²) in [5.74, 6) is -0.689. The van der Waals surface area contributed by atoms with Gasteiger partial charge in [0.2, 0.25) is 0 Å². The van der Waals surface area contributed by atoms with Gasteiger partial charge in [0.1, 0.15) is 35.6 Å². The molecule has 3 saturated heterocycles. The first-order valence-electron chi connectivity index (χ1n) is 31.4. The van der Waals surface area contributed by atoms with Crippen LogP contribution < -0.4 is 0 Å². The summed E-state index contributed by atoms with van der Waals surface area (Å²) in [5.41, 5.74) is -3.16. The standard InChI is InChI=1S/C18H26O6.C16H26O3.C15H22O7S.C15H28O2.2CH4/c1-4-18(2,3)17(21)22-9-14(19)24-15-11-5-10-6-12(8-11)16(20)23-13(15)7-10;1-4-14(2,3)13(17)19-16-8-11-5-12(9-16)7-15(18,6-11)10-16;1-4-15(2,3)14(17)20-7-11(16)21-12-8-5-9-10(6-8)23(18,19)22-13(9)12;1-7-14(5,6)12(16)17-15(13(2,3)4)10-8-9-11-15;;/h10-13,15H,4-9H2,1-3H3;11-12,18H,4-10H2,1-3H3;8-10,12-13H,4-7H2,1-3H3;7-11H2,1-6H3;2*1H4. The van der Waals surface area contributed by atoms with E-state index in [1.807, 2.05) is 55.4 Å². The number of fused-ring (bicyclic) bond motifs is 2. The summed E-state index contributed by atoms with van der Waals surface area (Å²) in [5, 5.41) is 10.2. The van der Waals surface area contributed by atoms with Gasteiger partial charge in [-0.05, 0) is 195 Å². The number of hydrogen-bond donors (Lipinski definition) is 1. The Bertz CT molecular complexity index is 2500. The van der Waals surface area contributed by atoms with E-state index in [-0.39, 0.29) is 91.2 Å². The zero-order chi connectivity index (χ0) is 61.7. The van der Waals surface area contributed by atoms with E-state index in [1.165, 1.54) is 19.3 Å². The molecular formula is C66H110O18S. The molecule has 0 spiro atoms. The van der Waals surface area contributed by atoms with Crippen molar-refractivity contribution in [2.75, 3.05) is 13.2 Å². The highest BCUT2D eigenvalue weighted by Crippen LogP contribution is 2.60. The lowest BCUT2D eigenvalue weighted by Gasteiger charge is -2.59. The summed E-state index contributed by atoms with van der Waals surface area (Å²) < 4.78 is 67.3. The highest BCUT2D eigenvalue weighted by atomic mass is 32.2. The maximum absolute atomic E-state index is 12.4. The maximum Gasteiger partial charge on any atom is 0.344 e. The minimum Gasteiger partial charge on any atom is -0.459 e. The predicted octanol–water partition coefficient (Wildman–Crippen LogP) is 11.9. The van der Waals surface area contributed by atoms with Gasteiger partial charge < -0.3 is 38.3 Å². The molecule has 19 heteroatoms. The molecule has 488 valence electrons. The van der Waals surface area contributed by atoms with E-state index in [9.17, 15) is 47.1 Å². The zero-order valence-corrected chi connectivity index (χ0v) is 53.6. The number of carbonyl (C=O) groups excluding carboxylic acids is 7. The first kappa shape index (κ1) is 71.9. The van der Waals surface area contributed by atoms with Crippen LogP contribution >= 0.6 is 0 Å². The molecule has 12 unspecified atom stereocenters. The number of carbonyl (C=O) groups is 7. The fourth-order valence-electron chi connectivity index (χ4n) is 14.9. The Morgan fingerprint density at radius 2 is 1.05 bits per heavy atom. The van der Waals surface area contributed by atoms with Gasteiger partial charge in [0.05, 0.1) is 38.4 Å². The lowest BCUT2D eigenvalue weighted by atomic mass is 9.52. The summed E-state index contributed by atoms with van der Waals surface area (Å²) >= 11 is 0. The van der Waals surface area contributed by atoms with Crippen LogP contribution in [0.25, 0.3) is 0 Å². The minimum absolute atomic E-state index is 0. The number of ether oxygens (including phenoxy) is 7. The smallest absolute Gasteiger partial charge is 0.344 e. The van der Waals surface area contributed by atoms with Crippen molar-refractivity contribution in [2.24, 2.45) is 68.5 Å². The van der Waals surface area contributed by atoms with Crippen LogP contribution in [-0.4, -0.2) is 115 Å². The molecule has 3 aliphatic heterocycles. The number of aliphatic hydroxyl groups is 1. The van der Waals surface area contributed by atoms with Gasteiger partial charge in [0, 0.05) is 29.6 Å². The molecule has 3 heterocycles. The van der Waals surface area contributed by atoms with E-state index in [2.05, 4.69) is 20.8 Å². The van der Waals surface area contributed by atoms with Crippen LogP contribution in [0, 0.1) is 68.5 Å². The van der Waals surface area contributed by atoms with Gasteiger partial charge in [-0.25, -0.2) is 9.59 Å². The molecule has 12 rings (SSSR count). The second kappa shape index (κ2) is 26.7. The van der Waals surface area contributed by atoms with E-state index in [1.54, 1.807) is 27.7 Å². The van der Waals surface area contributed by atoms with Crippen molar-refractivity contribution in [3.05, 3.63) is 0 Å². The number of esters is 7. The molecule has 12 fully saturated rings. The quantitative estimate of drug-likeness (QED) is 0.0857. The van der Waals surface area contributed by atoms with Crippen LogP contribution in [0.2, 0.25) is 0 Å². The van der Waals surface area contributed by atoms with Crippen molar-refractivity contribution in [3.63, 3.8) is 0 Å².